The number of benzene rings is 2. The van der Waals surface area contributed by atoms with Crippen LogP contribution in [0.1, 0.15) is 24.0 Å². The van der Waals surface area contributed by atoms with Crippen LogP contribution < -0.4 is 15.4 Å². The Kier molecular flexibility index (Phi) is 10.6. The highest BCUT2D eigenvalue weighted by Crippen LogP contribution is 2.17. The van der Waals surface area contributed by atoms with Gasteiger partial charge in [0.15, 0.2) is 0 Å². The van der Waals surface area contributed by atoms with Crippen molar-refractivity contribution in [3.63, 3.8) is 0 Å². The second-order valence-corrected chi connectivity index (χ2v) is 6.35. The van der Waals surface area contributed by atoms with Gasteiger partial charge in [-0.1, -0.05) is 30.3 Å². The Morgan fingerprint density at radius 1 is 1.04 bits per heavy atom. The molecule has 6 heteroatoms. The molecule has 1 aliphatic rings. The number of piperidine rings is 1. The fourth-order valence-electron chi connectivity index (χ4n) is 3.03. The van der Waals surface area contributed by atoms with Crippen LogP contribution in [0.15, 0.2) is 48.5 Å². The Morgan fingerprint density at radius 3 is 2.58 bits per heavy atom. The van der Waals surface area contributed by atoms with Crippen LogP contribution in [0.3, 0.4) is 0 Å². The third-order valence-electron chi connectivity index (χ3n) is 4.47. The zero-order chi connectivity index (χ0) is 16.6. The topological polar surface area (TPSA) is 33.3 Å². The van der Waals surface area contributed by atoms with E-state index in [9.17, 15) is 4.39 Å². The van der Waals surface area contributed by atoms with Crippen molar-refractivity contribution in [2.45, 2.75) is 26.0 Å². The molecule has 0 saturated carbocycles. The molecule has 2 aromatic carbocycles. The van der Waals surface area contributed by atoms with Gasteiger partial charge in [-0.05, 0) is 62.2 Å². The molecule has 0 atom stereocenters. The van der Waals surface area contributed by atoms with E-state index in [1.807, 2.05) is 24.3 Å². The van der Waals surface area contributed by atoms with E-state index >= 15 is 0 Å². The molecule has 0 aliphatic carbocycles. The van der Waals surface area contributed by atoms with Gasteiger partial charge in [0.05, 0.1) is 0 Å². The van der Waals surface area contributed by atoms with Gasteiger partial charge in [-0.25, -0.2) is 4.39 Å². The molecule has 0 spiro atoms. The highest BCUT2D eigenvalue weighted by molar-refractivity contribution is 5.85. The quantitative estimate of drug-likeness (QED) is 0.724. The van der Waals surface area contributed by atoms with E-state index < -0.39 is 0 Å². The summed E-state index contributed by atoms with van der Waals surface area (Å²) in [5, 5.41) is 6.93. The van der Waals surface area contributed by atoms with Crippen molar-refractivity contribution in [1.29, 1.82) is 0 Å². The molecule has 0 aromatic heterocycles. The van der Waals surface area contributed by atoms with E-state index in [1.54, 1.807) is 12.1 Å². The molecule has 3 rings (SSSR count). The van der Waals surface area contributed by atoms with Gasteiger partial charge in [0, 0.05) is 12.1 Å². The molecule has 3 nitrogen and oxygen atoms in total. The summed E-state index contributed by atoms with van der Waals surface area (Å²) >= 11 is 0. The molecule has 0 bridgehead atoms. The van der Waals surface area contributed by atoms with Crippen LogP contribution in [-0.4, -0.2) is 19.6 Å². The minimum atomic E-state index is -0.225. The van der Waals surface area contributed by atoms with Gasteiger partial charge in [-0.2, -0.15) is 0 Å². The summed E-state index contributed by atoms with van der Waals surface area (Å²) in [7, 11) is 0. The van der Waals surface area contributed by atoms with Crippen LogP contribution in [0.5, 0.6) is 5.75 Å². The van der Waals surface area contributed by atoms with Gasteiger partial charge in [0.1, 0.15) is 18.2 Å². The van der Waals surface area contributed by atoms with E-state index in [0.29, 0.717) is 5.56 Å². The van der Waals surface area contributed by atoms with Gasteiger partial charge >= 0.3 is 0 Å². The fourth-order valence-corrected chi connectivity index (χ4v) is 3.03. The molecular weight excluding hydrogens is 374 g/mol. The highest BCUT2D eigenvalue weighted by Gasteiger charge is 2.12. The zero-order valence-corrected chi connectivity index (χ0v) is 16.4. The highest BCUT2D eigenvalue weighted by atomic mass is 35.5. The van der Waals surface area contributed by atoms with E-state index in [-0.39, 0.29) is 37.2 Å². The first-order chi connectivity index (χ1) is 11.8. The number of ether oxygens (including phenoxy) is 1. The average molecular weight is 401 g/mol. The summed E-state index contributed by atoms with van der Waals surface area (Å²) in [4.78, 5) is 0. The lowest BCUT2D eigenvalue weighted by Crippen LogP contribution is -2.33. The zero-order valence-electron chi connectivity index (χ0n) is 14.7. The van der Waals surface area contributed by atoms with Crippen molar-refractivity contribution in [2.75, 3.05) is 19.6 Å². The van der Waals surface area contributed by atoms with Crippen LogP contribution in [0.2, 0.25) is 0 Å². The van der Waals surface area contributed by atoms with Crippen LogP contribution in [-0.2, 0) is 13.2 Å². The summed E-state index contributed by atoms with van der Waals surface area (Å²) in [6, 6.07) is 14.7. The standard InChI is InChI=1S/C20H25FN2O.2ClH/c21-20-7-2-1-5-18(20)15-24-19-6-3-4-17(12-19)14-23-13-16-8-10-22-11-9-16;;/h1-7,12,16,22-23H,8-11,13-15H2;2*1H. The van der Waals surface area contributed by atoms with Crippen LogP contribution >= 0.6 is 24.8 Å². The summed E-state index contributed by atoms with van der Waals surface area (Å²) < 4.78 is 19.4. The molecule has 0 unspecified atom stereocenters. The molecule has 2 N–H and O–H groups in total. The van der Waals surface area contributed by atoms with Crippen LogP contribution in [0, 0.1) is 11.7 Å². The fraction of sp³-hybridized carbons (Fsp3) is 0.400. The van der Waals surface area contributed by atoms with Gasteiger partial charge in [0.25, 0.3) is 0 Å². The number of nitrogens with one attached hydrogen (secondary N) is 2. The van der Waals surface area contributed by atoms with Crippen molar-refractivity contribution < 1.29 is 9.13 Å². The molecule has 0 radical (unpaired) electrons. The van der Waals surface area contributed by atoms with Crippen molar-refractivity contribution in [2.24, 2.45) is 5.92 Å². The van der Waals surface area contributed by atoms with E-state index in [2.05, 4.69) is 16.7 Å². The third kappa shape index (κ3) is 7.12. The summed E-state index contributed by atoms with van der Waals surface area (Å²) in [6.45, 7) is 4.40. The Balaban J connectivity index is 0.00000169. The molecule has 1 fully saturated rings. The molecule has 1 aliphatic heterocycles. The Hall–Kier alpha value is -1.33. The molecule has 144 valence electrons. The number of rotatable bonds is 7. The molecule has 1 saturated heterocycles. The molecule has 2 aromatic rings. The molecule has 1 heterocycles. The normalized spacial score (nSPS) is 14.2. The number of hydrogen-bond donors (Lipinski definition) is 2. The maximum absolute atomic E-state index is 13.6. The van der Waals surface area contributed by atoms with Crippen molar-refractivity contribution in [3.05, 3.63) is 65.5 Å². The number of hydrogen-bond acceptors (Lipinski definition) is 3. The van der Waals surface area contributed by atoms with Gasteiger partial charge in [-0.3, -0.25) is 0 Å². The molecule has 26 heavy (non-hydrogen) atoms. The van der Waals surface area contributed by atoms with Gasteiger partial charge in [0.2, 0.25) is 0 Å². The van der Waals surface area contributed by atoms with Crippen LogP contribution in [0.4, 0.5) is 4.39 Å². The third-order valence-corrected chi connectivity index (χ3v) is 4.47. The van der Waals surface area contributed by atoms with Gasteiger partial charge < -0.3 is 15.4 Å². The molecule has 0 amide bonds. The largest absolute Gasteiger partial charge is 0.489 e. The van der Waals surface area contributed by atoms with Crippen LogP contribution in [0.25, 0.3) is 0 Å². The van der Waals surface area contributed by atoms with E-state index in [4.69, 9.17) is 4.74 Å². The monoisotopic (exact) mass is 400 g/mol. The van der Waals surface area contributed by atoms with Crippen molar-refractivity contribution in [3.8, 4) is 5.75 Å². The second-order valence-electron chi connectivity index (χ2n) is 6.35. The summed E-state index contributed by atoms with van der Waals surface area (Å²) in [5.74, 6) is 1.32. The van der Waals surface area contributed by atoms with E-state index in [1.165, 1.54) is 24.5 Å². The SMILES string of the molecule is Cl.Cl.Fc1ccccc1COc1cccc(CNCC2CCNCC2)c1. The minimum Gasteiger partial charge on any atom is -0.489 e. The van der Waals surface area contributed by atoms with Crippen molar-refractivity contribution in [1.82, 2.24) is 10.6 Å². The smallest absolute Gasteiger partial charge is 0.129 e. The first-order valence-electron chi connectivity index (χ1n) is 8.68. The first kappa shape index (κ1) is 22.7. The Morgan fingerprint density at radius 2 is 1.81 bits per heavy atom. The Labute approximate surface area is 167 Å². The Bertz CT molecular complexity index is 651. The predicted molar refractivity (Wildman–Crippen MR) is 109 cm³/mol. The maximum Gasteiger partial charge on any atom is 0.129 e. The first-order valence-corrected chi connectivity index (χ1v) is 8.68. The van der Waals surface area contributed by atoms with Gasteiger partial charge in [-0.15, -0.1) is 24.8 Å². The summed E-state index contributed by atoms with van der Waals surface area (Å²) in [5.41, 5.74) is 1.77. The minimum absolute atomic E-state index is 0. The second kappa shape index (κ2) is 12.1. The summed E-state index contributed by atoms with van der Waals surface area (Å²) in [6.07, 6.45) is 2.50. The lowest BCUT2D eigenvalue weighted by molar-refractivity contribution is 0.299. The van der Waals surface area contributed by atoms with E-state index in [0.717, 1.165) is 37.8 Å². The predicted octanol–water partition coefficient (Wildman–Crippen LogP) is 4.34. The average Bonchev–Trinajstić information content (AvgIpc) is 2.62. The lowest BCUT2D eigenvalue weighted by Gasteiger charge is -2.22. The van der Waals surface area contributed by atoms with Crippen molar-refractivity contribution >= 4 is 24.8 Å². The lowest BCUT2D eigenvalue weighted by atomic mass is 9.98. The molecular formula is C20H27Cl2FN2O. The maximum atomic E-state index is 13.6. The number of halogens is 3.